The molecule has 8 heteroatoms. The molecule has 0 aliphatic heterocycles. The SMILES string of the molecule is COc1ccc(CCNC(=O)CCc2nc(-c3cccs3)no2)cc1OC. The lowest BCUT2D eigenvalue weighted by molar-refractivity contribution is -0.121. The number of rotatable bonds is 9. The summed E-state index contributed by atoms with van der Waals surface area (Å²) in [5.74, 6) is 2.35. The highest BCUT2D eigenvalue weighted by atomic mass is 32.1. The van der Waals surface area contributed by atoms with Crippen LogP contribution in [0.15, 0.2) is 40.2 Å². The molecule has 0 atom stereocenters. The van der Waals surface area contributed by atoms with E-state index in [2.05, 4.69) is 15.5 Å². The number of amides is 1. The van der Waals surface area contributed by atoms with Crippen LogP contribution in [0, 0.1) is 0 Å². The van der Waals surface area contributed by atoms with Crippen LogP contribution in [0.5, 0.6) is 11.5 Å². The van der Waals surface area contributed by atoms with Gasteiger partial charge in [0, 0.05) is 19.4 Å². The van der Waals surface area contributed by atoms with Crippen molar-refractivity contribution in [2.24, 2.45) is 0 Å². The van der Waals surface area contributed by atoms with E-state index in [9.17, 15) is 4.79 Å². The van der Waals surface area contributed by atoms with Gasteiger partial charge in [-0.1, -0.05) is 17.3 Å². The van der Waals surface area contributed by atoms with Crippen molar-refractivity contribution in [3.05, 3.63) is 47.2 Å². The van der Waals surface area contributed by atoms with Crippen molar-refractivity contribution in [2.75, 3.05) is 20.8 Å². The van der Waals surface area contributed by atoms with Crippen LogP contribution in [0.25, 0.3) is 10.7 Å². The van der Waals surface area contributed by atoms with Gasteiger partial charge in [-0.25, -0.2) is 0 Å². The molecule has 142 valence electrons. The molecule has 1 N–H and O–H groups in total. The predicted molar refractivity (Wildman–Crippen MR) is 102 cm³/mol. The van der Waals surface area contributed by atoms with Gasteiger partial charge in [0.05, 0.1) is 19.1 Å². The van der Waals surface area contributed by atoms with Gasteiger partial charge in [-0.2, -0.15) is 4.98 Å². The van der Waals surface area contributed by atoms with Crippen LogP contribution in [0.3, 0.4) is 0 Å². The Morgan fingerprint density at radius 3 is 2.78 bits per heavy atom. The number of thiophene rings is 1. The van der Waals surface area contributed by atoms with Gasteiger partial charge < -0.3 is 19.3 Å². The maximum atomic E-state index is 12.0. The number of aromatic nitrogens is 2. The Balaban J connectivity index is 1.42. The minimum absolute atomic E-state index is 0.0497. The molecule has 0 saturated heterocycles. The number of aryl methyl sites for hydroxylation is 1. The number of carbonyl (C=O) groups excluding carboxylic acids is 1. The Bertz CT molecular complexity index is 877. The molecule has 0 spiro atoms. The van der Waals surface area contributed by atoms with Crippen LogP contribution in [-0.4, -0.2) is 36.8 Å². The van der Waals surface area contributed by atoms with Crippen LogP contribution in [0.1, 0.15) is 17.9 Å². The van der Waals surface area contributed by atoms with E-state index in [4.69, 9.17) is 14.0 Å². The molecule has 0 saturated carbocycles. The molecule has 27 heavy (non-hydrogen) atoms. The molecule has 1 amide bonds. The summed E-state index contributed by atoms with van der Waals surface area (Å²) in [6, 6.07) is 9.59. The molecular weight excluding hydrogens is 366 g/mol. The smallest absolute Gasteiger partial charge is 0.227 e. The summed E-state index contributed by atoms with van der Waals surface area (Å²) in [4.78, 5) is 17.3. The summed E-state index contributed by atoms with van der Waals surface area (Å²) in [5, 5.41) is 8.80. The first-order valence-electron chi connectivity index (χ1n) is 8.53. The van der Waals surface area contributed by atoms with Crippen molar-refractivity contribution in [2.45, 2.75) is 19.3 Å². The van der Waals surface area contributed by atoms with Gasteiger partial charge >= 0.3 is 0 Å². The van der Waals surface area contributed by atoms with Gasteiger partial charge in [0.1, 0.15) is 0 Å². The summed E-state index contributed by atoms with van der Waals surface area (Å²) in [7, 11) is 3.20. The number of ether oxygens (including phenoxy) is 2. The van der Waals surface area contributed by atoms with E-state index < -0.39 is 0 Å². The van der Waals surface area contributed by atoms with Crippen LogP contribution in [-0.2, 0) is 17.6 Å². The zero-order valence-corrected chi connectivity index (χ0v) is 16.0. The van der Waals surface area contributed by atoms with Gasteiger partial charge in [-0.3, -0.25) is 4.79 Å². The lowest BCUT2D eigenvalue weighted by Gasteiger charge is -2.10. The molecule has 3 aromatic rings. The summed E-state index contributed by atoms with van der Waals surface area (Å²) in [6.45, 7) is 0.540. The fraction of sp³-hybridized carbons (Fsp3) is 0.316. The van der Waals surface area contributed by atoms with Crippen LogP contribution in [0.4, 0.5) is 0 Å². The average molecular weight is 387 g/mol. The van der Waals surface area contributed by atoms with Crippen molar-refractivity contribution >= 4 is 17.2 Å². The van der Waals surface area contributed by atoms with Crippen molar-refractivity contribution < 1.29 is 18.8 Å². The Hall–Kier alpha value is -2.87. The van der Waals surface area contributed by atoms with Crippen molar-refractivity contribution in [1.29, 1.82) is 0 Å². The molecule has 0 bridgehead atoms. The van der Waals surface area contributed by atoms with Gasteiger partial charge in [0.15, 0.2) is 11.5 Å². The molecule has 0 aliphatic rings. The Kier molecular flexibility index (Phi) is 6.43. The molecule has 7 nitrogen and oxygen atoms in total. The highest BCUT2D eigenvalue weighted by Crippen LogP contribution is 2.27. The van der Waals surface area contributed by atoms with E-state index in [1.807, 2.05) is 35.7 Å². The number of carbonyl (C=O) groups is 1. The van der Waals surface area contributed by atoms with E-state index >= 15 is 0 Å². The minimum Gasteiger partial charge on any atom is -0.493 e. The van der Waals surface area contributed by atoms with Gasteiger partial charge in [0.2, 0.25) is 17.6 Å². The maximum Gasteiger partial charge on any atom is 0.227 e. The topological polar surface area (TPSA) is 86.5 Å². The second-order valence-corrected chi connectivity index (χ2v) is 6.73. The Morgan fingerprint density at radius 2 is 2.04 bits per heavy atom. The number of nitrogens with one attached hydrogen (secondary N) is 1. The third-order valence-electron chi connectivity index (χ3n) is 3.96. The molecular formula is C19H21N3O4S. The average Bonchev–Trinajstić information content (AvgIpc) is 3.37. The van der Waals surface area contributed by atoms with Crippen molar-refractivity contribution in [3.63, 3.8) is 0 Å². The second-order valence-electron chi connectivity index (χ2n) is 5.78. The number of hydrogen-bond acceptors (Lipinski definition) is 7. The number of nitrogens with zero attached hydrogens (tertiary/aromatic N) is 2. The molecule has 0 radical (unpaired) electrons. The van der Waals surface area contributed by atoms with Gasteiger partial charge in [-0.15, -0.1) is 11.3 Å². The number of methoxy groups -OCH3 is 2. The molecule has 1 aromatic carbocycles. The van der Waals surface area contributed by atoms with Crippen molar-refractivity contribution in [1.82, 2.24) is 15.5 Å². The Labute approximate surface area is 161 Å². The lowest BCUT2D eigenvalue weighted by atomic mass is 10.1. The van der Waals surface area contributed by atoms with E-state index in [1.54, 1.807) is 25.6 Å². The molecule has 2 aromatic heterocycles. The maximum absolute atomic E-state index is 12.0. The molecule has 3 rings (SSSR count). The van der Waals surface area contributed by atoms with E-state index in [1.165, 1.54) is 0 Å². The van der Waals surface area contributed by atoms with Gasteiger partial charge in [0.25, 0.3) is 0 Å². The molecule has 0 aliphatic carbocycles. The highest BCUT2D eigenvalue weighted by molar-refractivity contribution is 7.13. The fourth-order valence-electron chi connectivity index (χ4n) is 2.55. The zero-order chi connectivity index (χ0) is 19.1. The lowest BCUT2D eigenvalue weighted by Crippen LogP contribution is -2.25. The Morgan fingerprint density at radius 1 is 1.19 bits per heavy atom. The first-order chi connectivity index (χ1) is 13.2. The van der Waals surface area contributed by atoms with Crippen molar-refractivity contribution in [3.8, 4) is 22.2 Å². The highest BCUT2D eigenvalue weighted by Gasteiger charge is 2.11. The van der Waals surface area contributed by atoms with Crippen LogP contribution >= 0.6 is 11.3 Å². The second kappa shape index (κ2) is 9.18. The van der Waals surface area contributed by atoms with E-state index in [0.29, 0.717) is 49.0 Å². The fourth-order valence-corrected chi connectivity index (χ4v) is 3.20. The third kappa shape index (κ3) is 5.07. The zero-order valence-electron chi connectivity index (χ0n) is 15.2. The first kappa shape index (κ1) is 18.9. The number of hydrogen-bond donors (Lipinski definition) is 1. The summed E-state index contributed by atoms with van der Waals surface area (Å²) >= 11 is 1.55. The van der Waals surface area contributed by atoms with E-state index in [-0.39, 0.29) is 5.91 Å². The van der Waals surface area contributed by atoms with Gasteiger partial charge in [-0.05, 0) is 35.6 Å². The summed E-state index contributed by atoms with van der Waals surface area (Å²) in [6.07, 6.45) is 1.42. The summed E-state index contributed by atoms with van der Waals surface area (Å²) < 4.78 is 15.7. The molecule has 0 unspecified atom stereocenters. The van der Waals surface area contributed by atoms with Crippen LogP contribution in [0.2, 0.25) is 0 Å². The van der Waals surface area contributed by atoms with E-state index in [0.717, 1.165) is 10.4 Å². The quantitative estimate of drug-likeness (QED) is 0.607. The minimum atomic E-state index is -0.0497. The normalized spacial score (nSPS) is 10.6. The largest absolute Gasteiger partial charge is 0.493 e. The van der Waals surface area contributed by atoms with Crippen LogP contribution < -0.4 is 14.8 Å². The standard InChI is InChI=1S/C19H21N3O4S/c1-24-14-6-5-13(12-15(14)25-2)9-10-20-17(23)7-8-18-21-19(22-26-18)16-4-3-11-27-16/h3-6,11-12H,7-10H2,1-2H3,(H,20,23). The third-order valence-corrected chi connectivity index (χ3v) is 4.83. The molecule has 2 heterocycles. The monoisotopic (exact) mass is 387 g/mol. The molecule has 0 fully saturated rings. The number of benzene rings is 1. The first-order valence-corrected chi connectivity index (χ1v) is 9.41. The summed E-state index contributed by atoms with van der Waals surface area (Å²) in [5.41, 5.74) is 1.06. The predicted octanol–water partition coefficient (Wildman–Crippen LogP) is 3.11.